The van der Waals surface area contributed by atoms with Crippen LogP contribution in [0.3, 0.4) is 0 Å². The van der Waals surface area contributed by atoms with E-state index in [1.165, 1.54) is 55.4 Å². The first-order valence-electron chi connectivity index (χ1n) is 12.0. The van der Waals surface area contributed by atoms with Crippen molar-refractivity contribution >= 4 is 21.8 Å². The summed E-state index contributed by atoms with van der Waals surface area (Å²) in [4.78, 5) is 0. The van der Waals surface area contributed by atoms with Gasteiger partial charge in [-0.05, 0) is 65.3 Å². The fourth-order valence-corrected chi connectivity index (χ4v) is 5.29. The lowest BCUT2D eigenvalue weighted by atomic mass is 9.85. The third-order valence-electron chi connectivity index (χ3n) is 6.89. The monoisotopic (exact) mass is 433 g/mol. The summed E-state index contributed by atoms with van der Waals surface area (Å²) in [7, 11) is 2.17. The Labute approximate surface area is 197 Å². The van der Waals surface area contributed by atoms with Crippen molar-refractivity contribution in [3.05, 3.63) is 95.7 Å². The molecule has 2 heteroatoms. The summed E-state index contributed by atoms with van der Waals surface area (Å²) in [6.45, 7) is 11.4. The minimum atomic E-state index is 0.476. The van der Waals surface area contributed by atoms with Crippen LogP contribution >= 0.6 is 0 Å². The standard InChI is InChI=1S/C31H33N2/c1-20(2)24-13-10-14-25(21(3)4)30(24)23-17-18-29(32(6)19-23)33-28-16-8-7-12-26(28)27-15-9-11-22(5)31(27)33/h7-21H,1-6H3/q+1. The SMILES string of the molecule is Cc1cccc2c3ccccc3n(-c3ccc(-c4c(C(C)C)cccc4C(C)C)c[n+]3C)c12. The summed E-state index contributed by atoms with van der Waals surface area (Å²) >= 11 is 0. The average molecular weight is 434 g/mol. The molecule has 0 unspecified atom stereocenters. The Morgan fingerprint density at radius 3 is 2.00 bits per heavy atom. The number of aromatic nitrogens is 2. The quantitative estimate of drug-likeness (QED) is 0.255. The summed E-state index contributed by atoms with van der Waals surface area (Å²) in [5.41, 5.74) is 9.33. The molecule has 2 aromatic heterocycles. The van der Waals surface area contributed by atoms with E-state index >= 15 is 0 Å². The lowest BCUT2D eigenvalue weighted by Gasteiger charge is -2.20. The molecule has 0 fully saturated rings. The predicted molar refractivity (Wildman–Crippen MR) is 140 cm³/mol. The van der Waals surface area contributed by atoms with Gasteiger partial charge < -0.3 is 0 Å². The first-order valence-corrected chi connectivity index (χ1v) is 12.0. The highest BCUT2D eigenvalue weighted by Gasteiger charge is 2.23. The number of benzene rings is 3. The Hall–Kier alpha value is -3.39. The topological polar surface area (TPSA) is 8.81 Å². The van der Waals surface area contributed by atoms with Gasteiger partial charge in [-0.1, -0.05) is 70.2 Å². The Morgan fingerprint density at radius 2 is 1.33 bits per heavy atom. The molecule has 0 aliphatic rings. The highest BCUT2D eigenvalue weighted by Crippen LogP contribution is 2.37. The zero-order valence-corrected chi connectivity index (χ0v) is 20.6. The van der Waals surface area contributed by atoms with Gasteiger partial charge in [0.1, 0.15) is 11.0 Å². The van der Waals surface area contributed by atoms with Crippen molar-refractivity contribution in [2.45, 2.75) is 46.5 Å². The first-order chi connectivity index (χ1) is 15.9. The third kappa shape index (κ3) is 3.45. The Balaban J connectivity index is 1.78. The van der Waals surface area contributed by atoms with Crippen LogP contribution in [0.2, 0.25) is 0 Å². The maximum atomic E-state index is 2.42. The normalized spacial score (nSPS) is 11.9. The van der Waals surface area contributed by atoms with Gasteiger partial charge in [0.15, 0.2) is 0 Å². The lowest BCUT2D eigenvalue weighted by Crippen LogP contribution is -2.33. The van der Waals surface area contributed by atoms with E-state index in [2.05, 4.69) is 130 Å². The van der Waals surface area contributed by atoms with Gasteiger partial charge in [-0.15, -0.1) is 0 Å². The Kier molecular flexibility index (Phi) is 5.32. The highest BCUT2D eigenvalue weighted by atomic mass is 15.1. The maximum Gasteiger partial charge on any atom is 0.286 e. The average Bonchev–Trinajstić information content (AvgIpc) is 3.14. The van der Waals surface area contributed by atoms with Gasteiger partial charge in [0.2, 0.25) is 0 Å². The molecule has 2 heterocycles. The predicted octanol–water partition coefficient (Wildman–Crippen LogP) is 7.83. The molecule has 166 valence electrons. The second-order valence-electron chi connectivity index (χ2n) is 9.83. The zero-order valence-electron chi connectivity index (χ0n) is 20.6. The number of hydrogen-bond acceptors (Lipinski definition) is 0. The molecule has 0 spiro atoms. The third-order valence-corrected chi connectivity index (χ3v) is 6.89. The fraction of sp³-hybridized carbons (Fsp3) is 0.258. The lowest BCUT2D eigenvalue weighted by molar-refractivity contribution is -0.664. The molecular formula is C31H33N2+. The molecule has 5 aromatic rings. The van der Waals surface area contributed by atoms with Crippen LogP contribution < -0.4 is 4.57 Å². The van der Waals surface area contributed by atoms with E-state index in [0.29, 0.717) is 11.8 Å². The van der Waals surface area contributed by atoms with Gasteiger partial charge >= 0.3 is 0 Å². The summed E-state index contributed by atoms with van der Waals surface area (Å²) in [6, 6.07) is 26.7. The first kappa shape index (κ1) is 21.5. The fourth-order valence-electron chi connectivity index (χ4n) is 5.29. The molecular weight excluding hydrogens is 400 g/mol. The molecule has 0 saturated carbocycles. The van der Waals surface area contributed by atoms with Crippen LogP contribution in [0.5, 0.6) is 0 Å². The van der Waals surface area contributed by atoms with E-state index < -0.39 is 0 Å². The van der Waals surface area contributed by atoms with Crippen molar-refractivity contribution in [3.63, 3.8) is 0 Å². The Bertz CT molecular complexity index is 1460. The van der Waals surface area contributed by atoms with Crippen LogP contribution in [0, 0.1) is 6.92 Å². The summed E-state index contributed by atoms with van der Waals surface area (Å²) in [6.07, 6.45) is 2.31. The van der Waals surface area contributed by atoms with Crippen LogP contribution in [0.4, 0.5) is 0 Å². The summed E-state index contributed by atoms with van der Waals surface area (Å²) < 4.78 is 4.70. The number of pyridine rings is 1. The minimum absolute atomic E-state index is 0.476. The zero-order chi connectivity index (χ0) is 23.3. The highest BCUT2D eigenvalue weighted by molar-refractivity contribution is 6.10. The molecule has 0 atom stereocenters. The smallest absolute Gasteiger partial charge is 0.236 e. The molecule has 0 radical (unpaired) electrons. The van der Waals surface area contributed by atoms with E-state index in [9.17, 15) is 0 Å². The van der Waals surface area contributed by atoms with Crippen LogP contribution in [0.25, 0.3) is 38.8 Å². The minimum Gasteiger partial charge on any atom is -0.236 e. The van der Waals surface area contributed by atoms with Gasteiger partial charge in [0.05, 0.1) is 13.2 Å². The van der Waals surface area contributed by atoms with E-state index in [0.717, 1.165) is 0 Å². The van der Waals surface area contributed by atoms with Crippen molar-refractivity contribution in [1.29, 1.82) is 0 Å². The van der Waals surface area contributed by atoms with Gasteiger partial charge in [0.25, 0.3) is 5.82 Å². The van der Waals surface area contributed by atoms with E-state index in [-0.39, 0.29) is 0 Å². The summed E-state index contributed by atoms with van der Waals surface area (Å²) in [5, 5.41) is 2.61. The van der Waals surface area contributed by atoms with Gasteiger partial charge in [0, 0.05) is 22.4 Å². The number of hydrogen-bond donors (Lipinski definition) is 0. The number of aryl methyl sites for hydroxylation is 2. The molecule has 0 saturated heterocycles. The van der Waals surface area contributed by atoms with Crippen molar-refractivity contribution in [1.82, 2.24) is 4.57 Å². The Morgan fingerprint density at radius 1 is 0.697 bits per heavy atom. The van der Waals surface area contributed by atoms with Gasteiger partial charge in [-0.25, -0.2) is 4.57 Å². The number of rotatable bonds is 4. The van der Waals surface area contributed by atoms with E-state index in [4.69, 9.17) is 0 Å². The van der Waals surface area contributed by atoms with Crippen LogP contribution in [-0.4, -0.2) is 4.57 Å². The van der Waals surface area contributed by atoms with Crippen LogP contribution in [0.1, 0.15) is 56.2 Å². The second kappa shape index (κ2) is 8.19. The largest absolute Gasteiger partial charge is 0.286 e. The van der Waals surface area contributed by atoms with Crippen molar-refractivity contribution < 1.29 is 4.57 Å². The van der Waals surface area contributed by atoms with E-state index in [1.807, 2.05) is 0 Å². The molecule has 0 N–H and O–H groups in total. The molecule has 0 aliphatic heterocycles. The molecule has 2 nitrogen and oxygen atoms in total. The van der Waals surface area contributed by atoms with Crippen LogP contribution in [0.15, 0.2) is 79.0 Å². The number of nitrogens with zero attached hydrogens (tertiary/aromatic N) is 2. The number of para-hydroxylation sites is 2. The summed E-state index contributed by atoms with van der Waals surface area (Å²) in [5.74, 6) is 2.12. The maximum absolute atomic E-state index is 2.42. The van der Waals surface area contributed by atoms with Gasteiger partial charge in [-0.2, -0.15) is 4.57 Å². The molecule has 0 amide bonds. The molecule has 3 aromatic carbocycles. The van der Waals surface area contributed by atoms with E-state index in [1.54, 1.807) is 0 Å². The van der Waals surface area contributed by atoms with Crippen LogP contribution in [-0.2, 0) is 7.05 Å². The van der Waals surface area contributed by atoms with Crippen molar-refractivity contribution in [2.75, 3.05) is 0 Å². The molecule has 33 heavy (non-hydrogen) atoms. The van der Waals surface area contributed by atoms with Crippen molar-refractivity contribution in [2.24, 2.45) is 7.05 Å². The second-order valence-corrected chi connectivity index (χ2v) is 9.83. The molecule has 5 rings (SSSR count). The van der Waals surface area contributed by atoms with Crippen molar-refractivity contribution in [3.8, 4) is 16.9 Å². The van der Waals surface area contributed by atoms with Gasteiger partial charge in [-0.3, -0.25) is 0 Å². The number of fused-ring (bicyclic) bond motifs is 3. The molecule has 0 bridgehead atoms. The molecule has 0 aliphatic carbocycles.